The zero-order valence-electron chi connectivity index (χ0n) is 15.0. The molecule has 2 aromatic rings. The van der Waals surface area contributed by atoms with Crippen molar-refractivity contribution in [2.45, 2.75) is 30.7 Å². The summed E-state index contributed by atoms with van der Waals surface area (Å²) in [6, 6.07) is 10.2. The maximum absolute atomic E-state index is 13.2. The highest BCUT2D eigenvalue weighted by atomic mass is 35.5. The van der Waals surface area contributed by atoms with E-state index in [1.54, 1.807) is 25.1 Å². The molecule has 2 aromatic carbocycles. The number of rotatable bonds is 8. The van der Waals surface area contributed by atoms with E-state index in [1.807, 2.05) is 0 Å². The molecule has 0 radical (unpaired) electrons. The smallest absolute Gasteiger partial charge is 0.220 e. The van der Waals surface area contributed by atoms with E-state index in [1.165, 1.54) is 24.3 Å². The van der Waals surface area contributed by atoms with E-state index in [4.69, 9.17) is 16.3 Å². The summed E-state index contributed by atoms with van der Waals surface area (Å²) in [5.41, 5.74) is 0.719. The van der Waals surface area contributed by atoms with Gasteiger partial charge in [0.15, 0.2) is 9.84 Å². The first-order valence-electron chi connectivity index (χ1n) is 8.34. The highest BCUT2D eigenvalue weighted by Crippen LogP contribution is 2.21. The number of ether oxygens (including phenoxy) is 1. The van der Waals surface area contributed by atoms with Gasteiger partial charge in [-0.25, -0.2) is 12.8 Å². The molecule has 27 heavy (non-hydrogen) atoms. The van der Waals surface area contributed by atoms with Gasteiger partial charge in [-0.1, -0.05) is 17.7 Å². The van der Waals surface area contributed by atoms with E-state index in [0.29, 0.717) is 18.8 Å². The lowest BCUT2D eigenvalue weighted by molar-refractivity contribution is -0.121. The average molecular weight is 414 g/mol. The van der Waals surface area contributed by atoms with Gasteiger partial charge in [-0.05, 0) is 55.3 Å². The van der Waals surface area contributed by atoms with Gasteiger partial charge in [0.1, 0.15) is 11.6 Å². The molecule has 0 spiro atoms. The highest BCUT2D eigenvalue weighted by Gasteiger charge is 2.11. The van der Waals surface area contributed by atoms with Crippen molar-refractivity contribution in [3.05, 3.63) is 58.9 Å². The molecule has 2 rings (SSSR count). The minimum Gasteiger partial charge on any atom is -0.494 e. The first-order valence-corrected chi connectivity index (χ1v) is 10.6. The van der Waals surface area contributed by atoms with Crippen LogP contribution in [0.15, 0.2) is 47.4 Å². The van der Waals surface area contributed by atoms with Crippen LogP contribution >= 0.6 is 11.6 Å². The van der Waals surface area contributed by atoms with E-state index >= 15 is 0 Å². The number of halogens is 2. The van der Waals surface area contributed by atoms with Gasteiger partial charge in [0.2, 0.25) is 5.91 Å². The zero-order valence-corrected chi connectivity index (χ0v) is 16.6. The Bertz CT molecular complexity index is 900. The highest BCUT2D eigenvalue weighted by molar-refractivity contribution is 7.90. The molecule has 0 aliphatic carbocycles. The molecule has 0 bridgehead atoms. The number of carbonyl (C=O) groups excluding carboxylic acids is 1. The summed E-state index contributed by atoms with van der Waals surface area (Å²) in [6.45, 7) is 2.11. The fourth-order valence-corrected chi connectivity index (χ4v) is 3.20. The third-order valence-corrected chi connectivity index (χ3v) is 5.31. The second kappa shape index (κ2) is 9.19. The third kappa shape index (κ3) is 6.52. The summed E-state index contributed by atoms with van der Waals surface area (Å²) in [5, 5.41) is 2.84. The minimum atomic E-state index is -3.23. The fourth-order valence-electron chi connectivity index (χ4n) is 2.38. The Balaban J connectivity index is 1.75. The first kappa shape index (κ1) is 21.2. The van der Waals surface area contributed by atoms with Crippen molar-refractivity contribution in [2.24, 2.45) is 0 Å². The molecule has 0 saturated carbocycles. The second-order valence-corrected chi connectivity index (χ2v) is 8.58. The summed E-state index contributed by atoms with van der Waals surface area (Å²) < 4.78 is 41.5. The molecule has 5 nitrogen and oxygen atoms in total. The Morgan fingerprint density at radius 1 is 1.22 bits per heavy atom. The molecular weight excluding hydrogens is 393 g/mol. The molecule has 1 amide bonds. The van der Waals surface area contributed by atoms with Crippen LogP contribution in [-0.4, -0.2) is 27.2 Å². The maximum Gasteiger partial charge on any atom is 0.220 e. The lowest BCUT2D eigenvalue weighted by Gasteiger charge is -2.15. The van der Waals surface area contributed by atoms with Crippen molar-refractivity contribution in [3.8, 4) is 5.75 Å². The molecule has 0 saturated heterocycles. The molecule has 0 heterocycles. The van der Waals surface area contributed by atoms with Crippen molar-refractivity contribution in [1.82, 2.24) is 5.32 Å². The van der Waals surface area contributed by atoms with Crippen LogP contribution in [0.25, 0.3) is 0 Å². The number of carbonyl (C=O) groups is 1. The van der Waals surface area contributed by atoms with Crippen molar-refractivity contribution in [2.75, 3.05) is 12.9 Å². The van der Waals surface area contributed by atoms with E-state index in [0.717, 1.165) is 11.8 Å². The average Bonchev–Trinajstić information content (AvgIpc) is 2.60. The maximum atomic E-state index is 13.2. The summed E-state index contributed by atoms with van der Waals surface area (Å²) in [4.78, 5) is 12.2. The largest absolute Gasteiger partial charge is 0.494 e. The number of benzene rings is 2. The van der Waals surface area contributed by atoms with E-state index in [9.17, 15) is 17.6 Å². The molecule has 0 fully saturated rings. The molecule has 0 aliphatic rings. The standard InChI is InChI=1S/C19H21ClFNO4S/c1-13(14-5-10-18(21)17(20)12-14)22-19(23)4-3-11-26-15-6-8-16(9-7-15)27(2,24)25/h5-10,12-13H,3-4,11H2,1-2H3,(H,22,23). The molecule has 1 N–H and O–H groups in total. The van der Waals surface area contributed by atoms with Gasteiger partial charge in [-0.15, -0.1) is 0 Å². The summed E-state index contributed by atoms with van der Waals surface area (Å²) in [6.07, 6.45) is 1.90. The lowest BCUT2D eigenvalue weighted by Crippen LogP contribution is -2.26. The predicted molar refractivity (Wildman–Crippen MR) is 102 cm³/mol. The van der Waals surface area contributed by atoms with Crippen LogP contribution in [0.4, 0.5) is 4.39 Å². The monoisotopic (exact) mass is 413 g/mol. The van der Waals surface area contributed by atoms with Crippen molar-refractivity contribution < 1.29 is 22.3 Å². The summed E-state index contributed by atoms with van der Waals surface area (Å²) in [7, 11) is -3.23. The van der Waals surface area contributed by atoms with Crippen molar-refractivity contribution in [3.63, 3.8) is 0 Å². The number of amides is 1. The van der Waals surface area contributed by atoms with Gasteiger partial charge in [0.05, 0.1) is 22.6 Å². The van der Waals surface area contributed by atoms with Crippen LogP contribution < -0.4 is 10.1 Å². The quantitative estimate of drug-likeness (QED) is 0.666. The van der Waals surface area contributed by atoms with Gasteiger partial charge in [-0.2, -0.15) is 0 Å². The van der Waals surface area contributed by atoms with Gasteiger partial charge in [0, 0.05) is 12.7 Å². The Morgan fingerprint density at radius 2 is 1.89 bits per heavy atom. The molecule has 8 heteroatoms. The second-order valence-electron chi connectivity index (χ2n) is 6.16. The van der Waals surface area contributed by atoms with Gasteiger partial charge < -0.3 is 10.1 Å². The molecule has 146 valence electrons. The Kier molecular flexibility index (Phi) is 7.21. The number of sulfone groups is 1. The van der Waals surface area contributed by atoms with Crippen LogP contribution in [0.5, 0.6) is 5.75 Å². The number of nitrogens with one attached hydrogen (secondary N) is 1. The molecule has 1 atom stereocenters. The van der Waals surface area contributed by atoms with Gasteiger partial charge in [-0.3, -0.25) is 4.79 Å². The van der Waals surface area contributed by atoms with Crippen LogP contribution in [-0.2, 0) is 14.6 Å². The Hall–Kier alpha value is -2.12. The Morgan fingerprint density at radius 3 is 2.48 bits per heavy atom. The van der Waals surface area contributed by atoms with Crippen molar-refractivity contribution >= 4 is 27.3 Å². The van der Waals surface area contributed by atoms with Gasteiger partial charge >= 0.3 is 0 Å². The number of hydrogen-bond acceptors (Lipinski definition) is 4. The SMILES string of the molecule is CC(NC(=O)CCCOc1ccc(S(C)(=O)=O)cc1)c1ccc(F)c(Cl)c1. The van der Waals surface area contributed by atoms with E-state index in [-0.39, 0.29) is 28.3 Å². The van der Waals surface area contributed by atoms with Crippen molar-refractivity contribution in [1.29, 1.82) is 0 Å². The molecular formula is C19H21ClFNO4S. The minimum absolute atomic E-state index is 0.0175. The first-order chi connectivity index (χ1) is 12.7. The van der Waals surface area contributed by atoms with Gasteiger partial charge in [0.25, 0.3) is 0 Å². The number of hydrogen-bond donors (Lipinski definition) is 1. The molecule has 1 unspecified atom stereocenters. The summed E-state index contributed by atoms with van der Waals surface area (Å²) >= 11 is 5.75. The van der Waals surface area contributed by atoms with E-state index < -0.39 is 15.7 Å². The van der Waals surface area contributed by atoms with Crippen LogP contribution in [0.3, 0.4) is 0 Å². The Labute approximate surface area is 163 Å². The lowest BCUT2D eigenvalue weighted by atomic mass is 10.1. The third-order valence-electron chi connectivity index (χ3n) is 3.89. The van der Waals surface area contributed by atoms with Crippen LogP contribution in [0.2, 0.25) is 5.02 Å². The predicted octanol–water partition coefficient (Wildman–Crippen LogP) is 3.92. The molecule has 0 aliphatic heterocycles. The normalized spacial score (nSPS) is 12.4. The van der Waals surface area contributed by atoms with E-state index in [2.05, 4.69) is 5.32 Å². The summed E-state index contributed by atoms with van der Waals surface area (Å²) in [5.74, 6) is -0.114. The van der Waals surface area contributed by atoms with Crippen LogP contribution in [0, 0.1) is 5.82 Å². The fraction of sp³-hybridized carbons (Fsp3) is 0.316. The van der Waals surface area contributed by atoms with Crippen LogP contribution in [0.1, 0.15) is 31.4 Å². The molecule has 0 aromatic heterocycles. The zero-order chi connectivity index (χ0) is 20.0. The topological polar surface area (TPSA) is 72.5 Å².